The number of ether oxygens (including phenoxy) is 2. The molecule has 4 heterocycles. The fourth-order valence-corrected chi connectivity index (χ4v) is 6.24. The molecule has 2 aromatic rings. The zero-order valence-corrected chi connectivity index (χ0v) is 19.9. The first-order valence-corrected chi connectivity index (χ1v) is 11.9. The van der Waals surface area contributed by atoms with Gasteiger partial charge in [-0.05, 0) is 43.5 Å². The second-order valence-corrected chi connectivity index (χ2v) is 9.98. The molecule has 4 N–H and O–H groups in total. The smallest absolute Gasteiger partial charge is 0.250 e. The molecule has 10 heteroatoms. The third-order valence-corrected chi connectivity index (χ3v) is 7.74. The van der Waals surface area contributed by atoms with Crippen molar-refractivity contribution < 1.29 is 28.7 Å². The van der Waals surface area contributed by atoms with Gasteiger partial charge in [0, 0.05) is 23.7 Å². The number of rotatable bonds is 5. The predicted molar refractivity (Wildman–Crippen MR) is 127 cm³/mol. The SMILES string of the molecule is Cc1cc(C)c2c(c1)[C@]1(N[C@@H](CCC(N)=O)[C@H]3C(=O)N(Cc4ccc5c(c4)OCO5)C(=O)[C@@H]31)C(=O)N2. The third-order valence-electron chi connectivity index (χ3n) is 7.74. The van der Waals surface area contributed by atoms with Crippen LogP contribution in [0, 0.1) is 25.7 Å². The van der Waals surface area contributed by atoms with Gasteiger partial charge in [0.25, 0.3) is 0 Å². The molecule has 0 bridgehead atoms. The molecule has 2 aromatic carbocycles. The van der Waals surface area contributed by atoms with Crippen LogP contribution in [0.2, 0.25) is 0 Å². The Bertz CT molecular complexity index is 1360. The van der Waals surface area contributed by atoms with E-state index in [0.717, 1.165) is 11.1 Å². The predicted octanol–water partition coefficient (Wildman–Crippen LogP) is 1.22. The van der Waals surface area contributed by atoms with Gasteiger partial charge in [0.2, 0.25) is 30.4 Å². The molecule has 4 amide bonds. The van der Waals surface area contributed by atoms with Gasteiger partial charge in [0.15, 0.2) is 11.5 Å². The highest BCUT2D eigenvalue weighted by atomic mass is 16.7. The highest BCUT2D eigenvalue weighted by Gasteiger charge is 2.70. The Labute approximate surface area is 207 Å². The van der Waals surface area contributed by atoms with Crippen LogP contribution in [0.25, 0.3) is 0 Å². The van der Waals surface area contributed by atoms with Crippen molar-refractivity contribution in [2.24, 2.45) is 17.6 Å². The number of anilines is 1. The molecule has 2 saturated heterocycles. The number of likely N-dealkylation sites (tertiary alicyclic amines) is 1. The number of hydrogen-bond donors (Lipinski definition) is 3. The zero-order chi connectivity index (χ0) is 25.4. The van der Waals surface area contributed by atoms with Crippen molar-refractivity contribution in [3.8, 4) is 11.5 Å². The molecule has 0 radical (unpaired) electrons. The average Bonchev–Trinajstić information content (AvgIpc) is 3.55. The van der Waals surface area contributed by atoms with Gasteiger partial charge in [-0.25, -0.2) is 0 Å². The van der Waals surface area contributed by atoms with Crippen molar-refractivity contribution in [3.63, 3.8) is 0 Å². The lowest BCUT2D eigenvalue weighted by Gasteiger charge is -2.30. The summed E-state index contributed by atoms with van der Waals surface area (Å²) in [7, 11) is 0. The Morgan fingerprint density at radius 1 is 1.11 bits per heavy atom. The molecule has 4 aliphatic heterocycles. The van der Waals surface area contributed by atoms with E-state index in [4.69, 9.17) is 15.2 Å². The van der Waals surface area contributed by atoms with Crippen molar-refractivity contribution in [2.75, 3.05) is 12.1 Å². The highest BCUT2D eigenvalue weighted by molar-refractivity contribution is 6.15. The number of nitrogens with one attached hydrogen (secondary N) is 2. The molecule has 10 nitrogen and oxygen atoms in total. The third kappa shape index (κ3) is 3.07. The maximum Gasteiger partial charge on any atom is 0.250 e. The second kappa shape index (κ2) is 7.79. The lowest BCUT2D eigenvalue weighted by molar-refractivity contribution is -0.143. The van der Waals surface area contributed by atoms with Gasteiger partial charge in [-0.2, -0.15) is 0 Å². The Kier molecular flexibility index (Phi) is 4.88. The van der Waals surface area contributed by atoms with Gasteiger partial charge in [-0.1, -0.05) is 23.8 Å². The van der Waals surface area contributed by atoms with Crippen LogP contribution in [0.5, 0.6) is 11.5 Å². The number of carbonyl (C=O) groups excluding carboxylic acids is 4. The van der Waals surface area contributed by atoms with E-state index in [-0.39, 0.29) is 38.0 Å². The van der Waals surface area contributed by atoms with E-state index in [1.54, 1.807) is 18.2 Å². The number of amides is 4. The highest BCUT2D eigenvalue weighted by Crippen LogP contribution is 2.54. The number of carbonyl (C=O) groups is 4. The van der Waals surface area contributed by atoms with Crippen LogP contribution in [0.3, 0.4) is 0 Å². The number of primary amides is 1. The van der Waals surface area contributed by atoms with E-state index < -0.39 is 35.2 Å². The summed E-state index contributed by atoms with van der Waals surface area (Å²) >= 11 is 0. The molecular formula is C26H26N4O6. The monoisotopic (exact) mass is 490 g/mol. The number of nitrogens with zero attached hydrogens (tertiary/aromatic N) is 1. The summed E-state index contributed by atoms with van der Waals surface area (Å²) in [5.74, 6) is -2.25. The van der Waals surface area contributed by atoms with Gasteiger partial charge < -0.3 is 20.5 Å². The molecule has 1 spiro atoms. The molecule has 4 atom stereocenters. The van der Waals surface area contributed by atoms with Gasteiger partial charge >= 0.3 is 0 Å². The first-order valence-electron chi connectivity index (χ1n) is 11.9. The molecular weight excluding hydrogens is 464 g/mol. The standard InChI is InChI=1S/C26H26N4O6/c1-12-7-13(2)22-15(8-12)26(25(34)28-22)21-20(16(29-26)4-6-19(27)31)23(32)30(24(21)33)10-14-3-5-17-18(9-14)36-11-35-17/h3,5,7-9,16,20-21,29H,4,6,10-11H2,1-2H3,(H2,27,31)(H,28,34)/t16-,20+,21+,26+/m0/s1. The number of aryl methyl sites for hydroxylation is 2. The second-order valence-electron chi connectivity index (χ2n) is 9.98. The summed E-state index contributed by atoms with van der Waals surface area (Å²) in [6.07, 6.45) is 0.268. The number of imide groups is 1. The van der Waals surface area contributed by atoms with Crippen LogP contribution in [-0.2, 0) is 31.3 Å². The van der Waals surface area contributed by atoms with Crippen LogP contribution < -0.4 is 25.8 Å². The maximum atomic E-state index is 13.9. The number of benzene rings is 2. The van der Waals surface area contributed by atoms with Gasteiger partial charge in [-0.3, -0.25) is 29.4 Å². The summed E-state index contributed by atoms with van der Waals surface area (Å²) in [5, 5.41) is 6.29. The molecule has 0 aromatic heterocycles. The molecule has 186 valence electrons. The van der Waals surface area contributed by atoms with Crippen LogP contribution in [-0.4, -0.2) is 41.4 Å². The number of nitrogens with two attached hydrogens (primary N) is 1. The molecule has 0 aliphatic carbocycles. The van der Waals surface area contributed by atoms with Crippen LogP contribution in [0.1, 0.15) is 35.1 Å². The normalized spacial score (nSPS) is 27.6. The maximum absolute atomic E-state index is 13.9. The van der Waals surface area contributed by atoms with Gasteiger partial charge in [-0.15, -0.1) is 0 Å². The summed E-state index contributed by atoms with van der Waals surface area (Å²) in [5.41, 5.74) is 7.83. The van der Waals surface area contributed by atoms with E-state index in [1.165, 1.54) is 4.90 Å². The minimum Gasteiger partial charge on any atom is -0.454 e. The topological polar surface area (TPSA) is 140 Å². The van der Waals surface area contributed by atoms with E-state index in [9.17, 15) is 19.2 Å². The summed E-state index contributed by atoms with van der Waals surface area (Å²) in [4.78, 5) is 54.1. The fourth-order valence-electron chi connectivity index (χ4n) is 6.24. The summed E-state index contributed by atoms with van der Waals surface area (Å²) < 4.78 is 10.8. The Balaban J connectivity index is 1.42. The molecule has 36 heavy (non-hydrogen) atoms. The molecule has 4 aliphatic rings. The molecule has 2 fully saturated rings. The van der Waals surface area contributed by atoms with Gasteiger partial charge in [0.05, 0.1) is 18.4 Å². The van der Waals surface area contributed by atoms with Crippen molar-refractivity contribution in [2.45, 2.75) is 44.8 Å². The van der Waals surface area contributed by atoms with E-state index in [0.29, 0.717) is 28.3 Å². The van der Waals surface area contributed by atoms with E-state index >= 15 is 0 Å². The minimum absolute atomic E-state index is 0.0297. The fraction of sp³-hybridized carbons (Fsp3) is 0.385. The first-order chi connectivity index (χ1) is 17.2. The molecule has 0 unspecified atom stereocenters. The Hall–Kier alpha value is -3.92. The first kappa shape index (κ1) is 22.5. The Morgan fingerprint density at radius 2 is 1.89 bits per heavy atom. The van der Waals surface area contributed by atoms with Crippen molar-refractivity contribution >= 4 is 29.3 Å². The average molecular weight is 491 g/mol. The lowest BCUT2D eigenvalue weighted by atomic mass is 9.75. The summed E-state index contributed by atoms with van der Waals surface area (Å²) in [6, 6.07) is 8.56. The molecule has 0 saturated carbocycles. The number of hydrogen-bond acceptors (Lipinski definition) is 7. The Morgan fingerprint density at radius 3 is 2.67 bits per heavy atom. The van der Waals surface area contributed by atoms with Crippen LogP contribution >= 0.6 is 0 Å². The van der Waals surface area contributed by atoms with Crippen LogP contribution in [0.15, 0.2) is 30.3 Å². The van der Waals surface area contributed by atoms with Crippen molar-refractivity contribution in [3.05, 3.63) is 52.6 Å². The van der Waals surface area contributed by atoms with E-state index in [2.05, 4.69) is 10.6 Å². The minimum atomic E-state index is -1.41. The number of fused-ring (bicyclic) bond motifs is 5. The van der Waals surface area contributed by atoms with Crippen molar-refractivity contribution in [1.29, 1.82) is 0 Å². The van der Waals surface area contributed by atoms with Crippen molar-refractivity contribution in [1.82, 2.24) is 10.2 Å². The summed E-state index contributed by atoms with van der Waals surface area (Å²) in [6.45, 7) is 3.99. The van der Waals surface area contributed by atoms with E-state index in [1.807, 2.05) is 26.0 Å². The van der Waals surface area contributed by atoms with Gasteiger partial charge in [0.1, 0.15) is 5.54 Å². The lowest BCUT2D eigenvalue weighted by Crippen LogP contribution is -2.53. The van der Waals surface area contributed by atoms with Crippen LogP contribution in [0.4, 0.5) is 5.69 Å². The largest absolute Gasteiger partial charge is 0.454 e. The quantitative estimate of drug-likeness (QED) is 0.536. The zero-order valence-electron chi connectivity index (χ0n) is 19.9. The molecule has 6 rings (SSSR count).